The lowest BCUT2D eigenvalue weighted by molar-refractivity contribution is -0.161. The number of nitrogens with zero attached hydrogens (tertiary/aromatic N) is 2. The molecule has 9 heteroatoms. The van der Waals surface area contributed by atoms with Crippen molar-refractivity contribution in [3.8, 4) is 11.1 Å². The normalized spacial score (nSPS) is 12.1. The van der Waals surface area contributed by atoms with Crippen molar-refractivity contribution in [2.24, 2.45) is 5.41 Å². The van der Waals surface area contributed by atoms with Crippen molar-refractivity contribution in [3.63, 3.8) is 0 Å². The first kappa shape index (κ1) is 33.5. The highest BCUT2D eigenvalue weighted by molar-refractivity contribution is 5.97. The molecule has 1 aromatic heterocycles. The van der Waals surface area contributed by atoms with Gasteiger partial charge in [-0.15, -0.1) is 0 Å². The summed E-state index contributed by atoms with van der Waals surface area (Å²) in [5.41, 5.74) is 0.399. The summed E-state index contributed by atoms with van der Waals surface area (Å²) in [5, 5.41) is 10.9. The lowest BCUT2D eigenvalue weighted by Gasteiger charge is -2.20. The minimum Gasteiger partial charge on any atom is -0.456 e. The highest BCUT2D eigenvalue weighted by Crippen LogP contribution is 2.29. The second-order valence-corrected chi connectivity index (χ2v) is 13.1. The fraction of sp³-hybridized carbons (Fsp3) is 0.471. The molecule has 1 N–H and O–H groups in total. The van der Waals surface area contributed by atoms with E-state index in [9.17, 15) is 19.5 Å². The molecule has 0 saturated carbocycles. The molecule has 0 fully saturated rings. The highest BCUT2D eigenvalue weighted by Gasteiger charge is 2.33. The average Bonchev–Trinajstić information content (AvgIpc) is 3.26. The number of benzene rings is 2. The van der Waals surface area contributed by atoms with E-state index in [2.05, 4.69) is 4.98 Å². The Morgan fingerprint density at radius 2 is 1.49 bits per heavy atom. The Morgan fingerprint density at radius 1 is 0.860 bits per heavy atom. The Balaban J connectivity index is 1.95. The molecule has 0 aliphatic rings. The summed E-state index contributed by atoms with van der Waals surface area (Å²) < 4.78 is 17.8. The molecule has 0 unspecified atom stereocenters. The molecule has 0 aliphatic carbocycles. The molecule has 0 radical (unpaired) electrons. The number of aromatic nitrogens is 2. The van der Waals surface area contributed by atoms with Crippen LogP contribution < -0.4 is 0 Å². The van der Waals surface area contributed by atoms with Crippen molar-refractivity contribution >= 4 is 17.9 Å². The number of imidazole rings is 1. The molecule has 0 atom stereocenters. The average molecular weight is 593 g/mol. The summed E-state index contributed by atoms with van der Waals surface area (Å²) in [6.07, 6.45) is 1.33. The van der Waals surface area contributed by atoms with Crippen LogP contribution >= 0.6 is 0 Å². The molecule has 2 aromatic carbocycles. The Labute approximate surface area is 254 Å². The Hall–Kier alpha value is -3.98. The first-order chi connectivity index (χ1) is 19.9. The van der Waals surface area contributed by atoms with Crippen molar-refractivity contribution < 1.29 is 33.7 Å². The van der Waals surface area contributed by atoms with E-state index in [1.165, 1.54) is 0 Å². The Morgan fingerprint density at radius 3 is 2.05 bits per heavy atom. The molecular formula is C34H44N2O7. The van der Waals surface area contributed by atoms with Crippen LogP contribution in [0.3, 0.4) is 0 Å². The van der Waals surface area contributed by atoms with E-state index in [4.69, 9.17) is 14.2 Å². The van der Waals surface area contributed by atoms with Crippen LogP contribution in [0.1, 0.15) is 107 Å². The van der Waals surface area contributed by atoms with Gasteiger partial charge in [0.2, 0.25) is 6.79 Å². The molecule has 0 saturated heterocycles. The minimum atomic E-state index is -1.43. The van der Waals surface area contributed by atoms with E-state index >= 15 is 0 Å². The zero-order valence-corrected chi connectivity index (χ0v) is 26.7. The van der Waals surface area contributed by atoms with Gasteiger partial charge in [0.15, 0.2) is 5.69 Å². The summed E-state index contributed by atoms with van der Waals surface area (Å²) in [6, 6.07) is 15.0. The number of hydrogen-bond donors (Lipinski definition) is 1. The number of rotatable bonds is 10. The molecule has 3 aromatic rings. The summed E-state index contributed by atoms with van der Waals surface area (Å²) in [4.78, 5) is 43.1. The second-order valence-electron chi connectivity index (χ2n) is 13.1. The van der Waals surface area contributed by atoms with Crippen molar-refractivity contribution in [3.05, 3.63) is 76.9 Å². The van der Waals surface area contributed by atoms with Gasteiger partial charge in [-0.1, -0.05) is 49.4 Å². The fourth-order valence-electron chi connectivity index (χ4n) is 4.36. The molecule has 0 spiro atoms. The van der Waals surface area contributed by atoms with Crippen molar-refractivity contribution in [1.29, 1.82) is 0 Å². The van der Waals surface area contributed by atoms with E-state index in [1.807, 2.05) is 64.1 Å². The predicted molar refractivity (Wildman–Crippen MR) is 163 cm³/mol. The lowest BCUT2D eigenvalue weighted by atomic mass is 9.98. The van der Waals surface area contributed by atoms with Crippen LogP contribution in [0.2, 0.25) is 0 Å². The van der Waals surface area contributed by atoms with Gasteiger partial charge < -0.3 is 23.9 Å². The van der Waals surface area contributed by atoms with Crippen LogP contribution in [-0.4, -0.2) is 45.0 Å². The van der Waals surface area contributed by atoms with E-state index in [0.29, 0.717) is 17.8 Å². The molecule has 0 aliphatic heterocycles. The molecule has 232 valence electrons. The maximum Gasteiger partial charge on any atom is 0.359 e. The summed E-state index contributed by atoms with van der Waals surface area (Å²) in [5.74, 6) is -1.03. The molecule has 0 bridgehead atoms. The van der Waals surface area contributed by atoms with Crippen molar-refractivity contribution in [2.45, 2.75) is 92.9 Å². The highest BCUT2D eigenvalue weighted by atomic mass is 16.7. The summed E-state index contributed by atoms with van der Waals surface area (Å²) >= 11 is 0. The first-order valence-electron chi connectivity index (χ1n) is 14.5. The van der Waals surface area contributed by atoms with E-state index in [-0.39, 0.29) is 17.9 Å². The van der Waals surface area contributed by atoms with Crippen LogP contribution in [0, 0.1) is 5.41 Å². The predicted octanol–water partition coefficient (Wildman–Crippen LogP) is 6.44. The number of hydrogen-bond acceptors (Lipinski definition) is 8. The molecule has 3 rings (SSSR count). The van der Waals surface area contributed by atoms with Gasteiger partial charge in [-0.25, -0.2) is 14.6 Å². The number of carbonyl (C=O) groups is 3. The third-order valence-corrected chi connectivity index (χ3v) is 6.44. The Kier molecular flexibility index (Phi) is 10.2. The van der Waals surface area contributed by atoms with E-state index in [1.54, 1.807) is 51.3 Å². The van der Waals surface area contributed by atoms with E-state index < -0.39 is 41.3 Å². The van der Waals surface area contributed by atoms with Gasteiger partial charge in [-0.05, 0) is 84.6 Å². The second kappa shape index (κ2) is 13.1. The molecule has 43 heavy (non-hydrogen) atoms. The number of aryl methyl sites for hydroxylation is 1. The fourth-order valence-corrected chi connectivity index (χ4v) is 4.36. The molecular weight excluding hydrogens is 548 g/mol. The molecule has 0 amide bonds. The first-order valence-corrected chi connectivity index (χ1v) is 14.5. The monoisotopic (exact) mass is 592 g/mol. The summed E-state index contributed by atoms with van der Waals surface area (Å²) in [6.45, 7) is 15.4. The number of ether oxygens (including phenoxy) is 3. The zero-order chi connectivity index (χ0) is 32.2. The van der Waals surface area contributed by atoms with Crippen LogP contribution in [0.4, 0.5) is 0 Å². The van der Waals surface area contributed by atoms with Gasteiger partial charge in [-0.2, -0.15) is 0 Å². The van der Waals surface area contributed by atoms with Gasteiger partial charge in [0.05, 0.1) is 11.0 Å². The lowest BCUT2D eigenvalue weighted by Crippen LogP contribution is -2.27. The maximum absolute atomic E-state index is 13.4. The third kappa shape index (κ3) is 8.76. The van der Waals surface area contributed by atoms with Gasteiger partial charge in [-0.3, -0.25) is 4.79 Å². The SMILES string of the molecule is CCCc1nc(C(C)(C)O)c(C(=O)OCOC(=O)C(C)(C)C)n1Cc1ccc(-c2ccccc2C(=O)OC(C)(C)C)cc1. The summed E-state index contributed by atoms with van der Waals surface area (Å²) in [7, 11) is 0. The minimum absolute atomic E-state index is 0.0992. The van der Waals surface area contributed by atoms with Crippen molar-refractivity contribution in [2.75, 3.05) is 6.79 Å². The zero-order valence-electron chi connectivity index (χ0n) is 26.7. The van der Waals surface area contributed by atoms with Gasteiger partial charge in [0.25, 0.3) is 0 Å². The molecule has 9 nitrogen and oxygen atoms in total. The smallest absolute Gasteiger partial charge is 0.359 e. The number of esters is 3. The largest absolute Gasteiger partial charge is 0.456 e. The number of carbonyl (C=O) groups excluding carboxylic acids is 3. The van der Waals surface area contributed by atoms with Crippen LogP contribution in [-0.2, 0) is 37.6 Å². The van der Waals surface area contributed by atoms with Gasteiger partial charge in [0.1, 0.15) is 22.7 Å². The Bertz CT molecular complexity index is 1450. The third-order valence-electron chi connectivity index (χ3n) is 6.44. The maximum atomic E-state index is 13.4. The van der Waals surface area contributed by atoms with Crippen LogP contribution in [0.15, 0.2) is 48.5 Å². The number of aliphatic hydroxyl groups is 1. The standard InChI is InChI=1S/C34H44N2O7/c1-10-13-26-35-28(34(8,9)40)27(30(38)41-21-42-31(39)32(2,3)4)36(26)20-22-16-18-23(19-17-22)24-14-11-12-15-25(24)29(37)43-33(5,6)7/h11-12,14-19,40H,10,13,20-21H2,1-9H3. The van der Waals surface area contributed by atoms with Gasteiger partial charge >= 0.3 is 17.9 Å². The van der Waals surface area contributed by atoms with Crippen LogP contribution in [0.25, 0.3) is 11.1 Å². The van der Waals surface area contributed by atoms with Gasteiger partial charge in [0, 0.05) is 13.0 Å². The molecule has 1 heterocycles. The topological polar surface area (TPSA) is 117 Å². The van der Waals surface area contributed by atoms with Crippen LogP contribution in [0.5, 0.6) is 0 Å². The van der Waals surface area contributed by atoms with E-state index in [0.717, 1.165) is 23.1 Å². The van der Waals surface area contributed by atoms with Crippen molar-refractivity contribution in [1.82, 2.24) is 9.55 Å². The quantitative estimate of drug-likeness (QED) is 0.211.